The van der Waals surface area contributed by atoms with E-state index in [1.807, 2.05) is 4.90 Å². The van der Waals surface area contributed by atoms with Gasteiger partial charge in [-0.05, 0) is 19.5 Å². The van der Waals surface area contributed by atoms with Crippen LogP contribution in [0.5, 0.6) is 5.75 Å². The van der Waals surface area contributed by atoms with E-state index in [0.717, 1.165) is 38.7 Å². The lowest BCUT2D eigenvalue weighted by atomic mass is 10.1. The van der Waals surface area contributed by atoms with Gasteiger partial charge in [0.25, 0.3) is 0 Å². The number of carboxylic acid groups (broad SMARTS) is 1. The fraction of sp³-hybridized carbons (Fsp3) is 0.524. The van der Waals surface area contributed by atoms with Crippen LogP contribution in [-0.4, -0.2) is 91.7 Å². The maximum Gasteiger partial charge on any atom is 0.341 e. The highest BCUT2D eigenvalue weighted by atomic mass is 19.1. The molecule has 3 aliphatic rings. The maximum atomic E-state index is 15.4. The lowest BCUT2D eigenvalue weighted by Gasteiger charge is -2.36. The SMILES string of the molecule is CN1CCN(C2CCN(c3c(F)cc4c(=O)c(C(=O)O)cn5c4c3OCN5C)C2)CC1. The van der Waals surface area contributed by atoms with Gasteiger partial charge in [-0.15, -0.1) is 0 Å². The number of pyridine rings is 1. The number of aromatic nitrogens is 1. The Morgan fingerprint density at radius 2 is 1.94 bits per heavy atom. The van der Waals surface area contributed by atoms with Gasteiger partial charge in [0, 0.05) is 58.6 Å². The second kappa shape index (κ2) is 7.38. The van der Waals surface area contributed by atoms with Crippen LogP contribution < -0.4 is 20.1 Å². The molecular formula is C21H26FN5O4. The normalized spacial score (nSPS) is 22.2. The first-order chi connectivity index (χ1) is 14.8. The van der Waals surface area contributed by atoms with Gasteiger partial charge in [0.15, 0.2) is 18.3 Å². The van der Waals surface area contributed by atoms with Gasteiger partial charge < -0.3 is 19.6 Å². The first-order valence-corrected chi connectivity index (χ1v) is 10.5. The molecule has 0 spiro atoms. The summed E-state index contributed by atoms with van der Waals surface area (Å²) in [6, 6.07) is 1.50. The molecule has 4 heterocycles. The fourth-order valence-electron chi connectivity index (χ4n) is 4.90. The third kappa shape index (κ3) is 3.21. The van der Waals surface area contributed by atoms with Crippen LogP contribution in [0, 0.1) is 5.82 Å². The van der Waals surface area contributed by atoms with Crippen LogP contribution in [0.2, 0.25) is 0 Å². The summed E-state index contributed by atoms with van der Waals surface area (Å²) in [5.41, 5.74) is -0.339. The Kier molecular flexibility index (Phi) is 4.78. The molecule has 10 heteroatoms. The van der Waals surface area contributed by atoms with Crippen molar-refractivity contribution in [3.63, 3.8) is 0 Å². The molecule has 3 aliphatic heterocycles. The number of carbonyl (C=O) groups is 1. The number of piperazine rings is 1. The topological polar surface area (TPSA) is 81.5 Å². The van der Waals surface area contributed by atoms with Crippen LogP contribution >= 0.6 is 0 Å². The van der Waals surface area contributed by atoms with Crippen LogP contribution in [0.3, 0.4) is 0 Å². The van der Waals surface area contributed by atoms with Crippen LogP contribution in [0.15, 0.2) is 17.1 Å². The van der Waals surface area contributed by atoms with E-state index < -0.39 is 22.8 Å². The van der Waals surface area contributed by atoms with Crippen molar-refractivity contribution in [3.05, 3.63) is 33.9 Å². The molecule has 1 N–H and O–H groups in total. The number of hydrogen-bond donors (Lipinski definition) is 1. The second-order valence-corrected chi connectivity index (χ2v) is 8.61. The molecule has 0 bridgehead atoms. The summed E-state index contributed by atoms with van der Waals surface area (Å²) in [5.74, 6) is -1.59. The van der Waals surface area contributed by atoms with Crippen molar-refractivity contribution in [2.45, 2.75) is 12.5 Å². The molecule has 166 valence electrons. The molecule has 0 radical (unpaired) electrons. The second-order valence-electron chi connectivity index (χ2n) is 8.61. The number of benzene rings is 1. The average molecular weight is 431 g/mol. The zero-order valence-electron chi connectivity index (χ0n) is 17.7. The molecule has 2 fully saturated rings. The van der Waals surface area contributed by atoms with Crippen molar-refractivity contribution >= 4 is 22.6 Å². The zero-order chi connectivity index (χ0) is 21.9. The lowest BCUT2D eigenvalue weighted by Crippen LogP contribution is -2.49. The van der Waals surface area contributed by atoms with Crippen LogP contribution in [0.25, 0.3) is 10.9 Å². The summed E-state index contributed by atoms with van der Waals surface area (Å²) in [5, 5.41) is 11.1. The van der Waals surface area contributed by atoms with Gasteiger partial charge in [-0.25, -0.2) is 9.18 Å². The van der Waals surface area contributed by atoms with Gasteiger partial charge in [-0.3, -0.25) is 19.4 Å². The summed E-state index contributed by atoms with van der Waals surface area (Å²) in [6.07, 6.45) is 2.23. The number of halogens is 1. The Morgan fingerprint density at radius 3 is 2.65 bits per heavy atom. The largest absolute Gasteiger partial charge is 0.477 e. The highest BCUT2D eigenvalue weighted by Gasteiger charge is 2.35. The Balaban J connectivity index is 1.57. The molecule has 0 aliphatic carbocycles. The van der Waals surface area contributed by atoms with E-state index in [9.17, 15) is 14.7 Å². The van der Waals surface area contributed by atoms with E-state index in [1.54, 1.807) is 16.7 Å². The summed E-state index contributed by atoms with van der Waals surface area (Å²) < 4.78 is 22.8. The average Bonchev–Trinajstić information content (AvgIpc) is 3.21. The lowest BCUT2D eigenvalue weighted by molar-refractivity contribution is 0.0694. The summed E-state index contributed by atoms with van der Waals surface area (Å²) >= 11 is 0. The van der Waals surface area contributed by atoms with Crippen LogP contribution in [0.1, 0.15) is 16.8 Å². The molecule has 2 aromatic rings. The minimum absolute atomic E-state index is 0.0116. The molecule has 1 atom stereocenters. The minimum Gasteiger partial charge on any atom is -0.477 e. The van der Waals surface area contributed by atoms with Crippen molar-refractivity contribution in [2.75, 3.05) is 70.0 Å². The molecule has 5 rings (SSSR count). The summed E-state index contributed by atoms with van der Waals surface area (Å²) in [4.78, 5) is 31.0. The molecule has 1 aromatic heterocycles. The number of ether oxygens (including phenoxy) is 1. The van der Waals surface area contributed by atoms with Crippen molar-refractivity contribution < 1.29 is 19.0 Å². The van der Waals surface area contributed by atoms with Crippen molar-refractivity contribution in [1.29, 1.82) is 0 Å². The fourth-order valence-corrected chi connectivity index (χ4v) is 4.90. The first kappa shape index (κ1) is 20.1. The van der Waals surface area contributed by atoms with Gasteiger partial charge in [0.2, 0.25) is 5.43 Å². The molecule has 31 heavy (non-hydrogen) atoms. The third-order valence-electron chi connectivity index (χ3n) is 6.68. The molecule has 2 saturated heterocycles. The van der Waals surface area contributed by atoms with E-state index in [2.05, 4.69) is 16.8 Å². The van der Waals surface area contributed by atoms with Crippen molar-refractivity contribution in [1.82, 2.24) is 14.5 Å². The number of aromatic carboxylic acids is 1. The van der Waals surface area contributed by atoms with Crippen molar-refractivity contribution in [3.8, 4) is 5.75 Å². The number of rotatable bonds is 3. The van der Waals surface area contributed by atoms with Gasteiger partial charge in [-0.2, -0.15) is 0 Å². The van der Waals surface area contributed by atoms with Crippen molar-refractivity contribution in [2.24, 2.45) is 0 Å². The smallest absolute Gasteiger partial charge is 0.341 e. The highest BCUT2D eigenvalue weighted by Crippen LogP contribution is 2.41. The molecule has 0 saturated carbocycles. The Morgan fingerprint density at radius 1 is 1.19 bits per heavy atom. The first-order valence-electron chi connectivity index (χ1n) is 10.5. The molecular weight excluding hydrogens is 405 g/mol. The summed E-state index contributed by atoms with van der Waals surface area (Å²) in [6.45, 7) is 5.57. The van der Waals surface area contributed by atoms with E-state index in [-0.39, 0.29) is 12.1 Å². The predicted molar refractivity (Wildman–Crippen MR) is 114 cm³/mol. The number of nitrogens with zero attached hydrogens (tertiary/aromatic N) is 5. The number of anilines is 1. The minimum atomic E-state index is -1.34. The van der Waals surface area contributed by atoms with Gasteiger partial charge >= 0.3 is 5.97 Å². The van der Waals surface area contributed by atoms with Crippen LogP contribution in [0.4, 0.5) is 10.1 Å². The van der Waals surface area contributed by atoms with E-state index in [0.29, 0.717) is 36.1 Å². The van der Waals surface area contributed by atoms with Gasteiger partial charge in [0.05, 0.1) is 5.39 Å². The number of likely N-dealkylation sites (N-methyl/N-ethyl adjacent to an activating group) is 1. The predicted octanol–water partition coefficient (Wildman–Crippen LogP) is 0.583. The standard InChI is InChI=1S/C21H26FN5O4/c1-23-5-7-25(8-6-23)13-3-4-26(10-13)18-16(22)9-14-17-20(18)31-12-24(2)27(17)11-15(19(14)28)21(29)30/h9,11,13H,3-8,10,12H2,1-2H3,(H,29,30). The van der Waals surface area contributed by atoms with E-state index in [1.165, 1.54) is 6.20 Å². The molecule has 0 amide bonds. The van der Waals surface area contributed by atoms with E-state index >= 15 is 4.39 Å². The third-order valence-corrected chi connectivity index (χ3v) is 6.68. The van der Waals surface area contributed by atoms with Gasteiger partial charge in [0.1, 0.15) is 16.8 Å². The molecule has 9 nitrogen and oxygen atoms in total. The van der Waals surface area contributed by atoms with Crippen LogP contribution in [-0.2, 0) is 0 Å². The summed E-state index contributed by atoms with van der Waals surface area (Å²) in [7, 11) is 3.85. The highest BCUT2D eigenvalue weighted by molar-refractivity contribution is 5.97. The number of carboxylic acids is 1. The Labute approximate surface area is 178 Å². The quantitative estimate of drug-likeness (QED) is 0.756. The monoisotopic (exact) mass is 431 g/mol. The van der Waals surface area contributed by atoms with E-state index in [4.69, 9.17) is 4.74 Å². The molecule has 1 aromatic carbocycles. The van der Waals surface area contributed by atoms with Gasteiger partial charge in [-0.1, -0.05) is 0 Å². The Hall–Kier alpha value is -2.85. The zero-order valence-corrected chi connectivity index (χ0v) is 17.7. The number of hydrogen-bond acceptors (Lipinski definition) is 7. The molecule has 1 unspecified atom stereocenters. The Bertz CT molecular complexity index is 1110. The maximum absolute atomic E-state index is 15.4.